The first kappa shape index (κ1) is 15.0. The minimum absolute atomic E-state index is 0.388. The summed E-state index contributed by atoms with van der Waals surface area (Å²) >= 11 is 0. The van der Waals surface area contributed by atoms with Gasteiger partial charge in [0.1, 0.15) is 5.75 Å². The highest BCUT2D eigenvalue weighted by Gasteiger charge is 2.08. The van der Waals surface area contributed by atoms with Crippen LogP contribution in [0.15, 0.2) is 24.3 Å². The van der Waals surface area contributed by atoms with Gasteiger partial charge in [0.2, 0.25) is 0 Å². The third-order valence-corrected chi connectivity index (χ3v) is 3.11. The van der Waals surface area contributed by atoms with Gasteiger partial charge in [0.05, 0.1) is 6.61 Å². The standard InChI is InChI=1S/C16H27NO/c1-6-13(4)17-14(5)15-7-9-16(10-8-15)18-11-12(2)3/h7-10,12-14,17H,6,11H2,1-5H3/t13-,14+/m0/s1. The Bertz CT molecular complexity index is 331. The molecule has 0 bridgehead atoms. The van der Waals surface area contributed by atoms with Crippen LogP contribution in [0.4, 0.5) is 0 Å². The maximum Gasteiger partial charge on any atom is 0.119 e. The molecule has 0 unspecified atom stereocenters. The maximum atomic E-state index is 5.68. The van der Waals surface area contributed by atoms with Crippen LogP contribution in [-0.4, -0.2) is 12.6 Å². The van der Waals surface area contributed by atoms with Crippen molar-refractivity contribution >= 4 is 0 Å². The number of ether oxygens (including phenoxy) is 1. The van der Waals surface area contributed by atoms with Crippen LogP contribution < -0.4 is 10.1 Å². The lowest BCUT2D eigenvalue weighted by atomic mass is 10.1. The van der Waals surface area contributed by atoms with Crippen LogP contribution in [0, 0.1) is 5.92 Å². The van der Waals surface area contributed by atoms with E-state index in [0.29, 0.717) is 18.0 Å². The van der Waals surface area contributed by atoms with E-state index in [-0.39, 0.29) is 0 Å². The van der Waals surface area contributed by atoms with Crippen LogP contribution in [0.25, 0.3) is 0 Å². The Morgan fingerprint density at radius 1 is 1.06 bits per heavy atom. The van der Waals surface area contributed by atoms with E-state index in [9.17, 15) is 0 Å². The minimum Gasteiger partial charge on any atom is -0.493 e. The van der Waals surface area contributed by atoms with Crippen LogP contribution in [0.3, 0.4) is 0 Å². The van der Waals surface area contributed by atoms with Crippen molar-refractivity contribution in [2.45, 2.75) is 53.1 Å². The van der Waals surface area contributed by atoms with Gasteiger partial charge in [-0.15, -0.1) is 0 Å². The van der Waals surface area contributed by atoms with E-state index in [4.69, 9.17) is 4.74 Å². The van der Waals surface area contributed by atoms with Crippen molar-refractivity contribution in [1.82, 2.24) is 5.32 Å². The second-order valence-electron chi connectivity index (χ2n) is 5.47. The Balaban J connectivity index is 2.53. The van der Waals surface area contributed by atoms with Gasteiger partial charge in [-0.2, -0.15) is 0 Å². The number of benzene rings is 1. The highest BCUT2D eigenvalue weighted by molar-refractivity contribution is 5.29. The third-order valence-electron chi connectivity index (χ3n) is 3.11. The normalized spacial score (nSPS) is 14.6. The molecule has 1 aromatic rings. The average molecular weight is 249 g/mol. The van der Waals surface area contributed by atoms with Gasteiger partial charge < -0.3 is 10.1 Å². The van der Waals surface area contributed by atoms with E-state index >= 15 is 0 Å². The number of hydrogen-bond acceptors (Lipinski definition) is 2. The molecule has 0 aliphatic carbocycles. The zero-order valence-corrected chi connectivity index (χ0v) is 12.4. The molecule has 2 atom stereocenters. The van der Waals surface area contributed by atoms with E-state index in [1.54, 1.807) is 0 Å². The molecule has 0 radical (unpaired) electrons. The molecule has 1 N–H and O–H groups in total. The van der Waals surface area contributed by atoms with Crippen molar-refractivity contribution in [3.63, 3.8) is 0 Å². The zero-order valence-electron chi connectivity index (χ0n) is 12.4. The van der Waals surface area contributed by atoms with Gasteiger partial charge in [-0.05, 0) is 43.9 Å². The lowest BCUT2D eigenvalue weighted by Crippen LogP contribution is -2.28. The van der Waals surface area contributed by atoms with Gasteiger partial charge in [0, 0.05) is 12.1 Å². The molecular weight excluding hydrogens is 222 g/mol. The van der Waals surface area contributed by atoms with Crippen molar-refractivity contribution in [2.24, 2.45) is 5.92 Å². The Morgan fingerprint density at radius 2 is 1.67 bits per heavy atom. The fourth-order valence-corrected chi connectivity index (χ4v) is 1.76. The maximum absolute atomic E-state index is 5.68. The second kappa shape index (κ2) is 7.42. The molecule has 18 heavy (non-hydrogen) atoms. The fraction of sp³-hybridized carbons (Fsp3) is 0.625. The zero-order chi connectivity index (χ0) is 13.5. The highest BCUT2D eigenvalue weighted by atomic mass is 16.5. The summed E-state index contributed by atoms with van der Waals surface area (Å²) < 4.78 is 5.68. The average Bonchev–Trinajstić information content (AvgIpc) is 2.36. The smallest absolute Gasteiger partial charge is 0.119 e. The Kier molecular flexibility index (Phi) is 6.20. The molecule has 0 aliphatic rings. The van der Waals surface area contributed by atoms with Gasteiger partial charge in [-0.1, -0.05) is 32.9 Å². The minimum atomic E-state index is 0.388. The quantitative estimate of drug-likeness (QED) is 0.783. The summed E-state index contributed by atoms with van der Waals surface area (Å²) in [6.07, 6.45) is 1.15. The van der Waals surface area contributed by atoms with Crippen molar-refractivity contribution in [3.05, 3.63) is 29.8 Å². The molecule has 102 valence electrons. The van der Waals surface area contributed by atoms with E-state index in [1.807, 2.05) is 0 Å². The summed E-state index contributed by atoms with van der Waals surface area (Å²) in [6, 6.07) is 9.36. The number of rotatable bonds is 7. The molecule has 0 aliphatic heterocycles. The molecule has 1 rings (SSSR count). The summed E-state index contributed by atoms with van der Waals surface area (Å²) in [5, 5.41) is 3.57. The van der Waals surface area contributed by atoms with Crippen LogP contribution in [0.2, 0.25) is 0 Å². The molecule has 0 saturated heterocycles. The molecule has 0 fully saturated rings. The Morgan fingerprint density at radius 3 is 2.17 bits per heavy atom. The van der Waals surface area contributed by atoms with E-state index < -0.39 is 0 Å². The Labute approximate surface area is 112 Å². The predicted octanol–water partition coefficient (Wildman–Crippen LogP) is 4.17. The largest absolute Gasteiger partial charge is 0.493 e. The van der Waals surface area contributed by atoms with Crippen molar-refractivity contribution < 1.29 is 4.74 Å². The first-order valence-corrected chi connectivity index (χ1v) is 7.01. The van der Waals surface area contributed by atoms with Gasteiger partial charge in [-0.3, -0.25) is 0 Å². The molecule has 0 spiro atoms. The lowest BCUT2D eigenvalue weighted by molar-refractivity contribution is 0.271. The van der Waals surface area contributed by atoms with Crippen LogP contribution in [0.5, 0.6) is 5.75 Å². The van der Waals surface area contributed by atoms with Crippen molar-refractivity contribution in [1.29, 1.82) is 0 Å². The summed E-state index contributed by atoms with van der Waals surface area (Å²) in [7, 11) is 0. The molecule has 2 nitrogen and oxygen atoms in total. The molecule has 0 amide bonds. The molecule has 2 heteroatoms. The number of nitrogens with one attached hydrogen (secondary N) is 1. The summed E-state index contributed by atoms with van der Waals surface area (Å²) in [6.45, 7) is 11.7. The van der Waals surface area contributed by atoms with Gasteiger partial charge in [-0.25, -0.2) is 0 Å². The second-order valence-corrected chi connectivity index (χ2v) is 5.47. The monoisotopic (exact) mass is 249 g/mol. The molecule has 0 heterocycles. The first-order chi connectivity index (χ1) is 8.52. The fourth-order valence-electron chi connectivity index (χ4n) is 1.76. The van der Waals surface area contributed by atoms with Gasteiger partial charge >= 0.3 is 0 Å². The molecular formula is C16H27NO. The van der Waals surface area contributed by atoms with Crippen LogP contribution in [0.1, 0.15) is 52.6 Å². The first-order valence-electron chi connectivity index (χ1n) is 7.01. The summed E-state index contributed by atoms with van der Waals surface area (Å²) in [5.74, 6) is 1.53. The van der Waals surface area contributed by atoms with Gasteiger partial charge in [0.15, 0.2) is 0 Å². The van der Waals surface area contributed by atoms with E-state index in [2.05, 4.69) is 64.2 Å². The lowest BCUT2D eigenvalue weighted by Gasteiger charge is -2.19. The third kappa shape index (κ3) is 5.09. The topological polar surface area (TPSA) is 21.3 Å². The predicted molar refractivity (Wildman–Crippen MR) is 78.1 cm³/mol. The number of hydrogen-bond donors (Lipinski definition) is 1. The SMILES string of the molecule is CC[C@H](C)N[C@H](C)c1ccc(OCC(C)C)cc1. The molecule has 1 aromatic carbocycles. The van der Waals surface area contributed by atoms with Crippen LogP contribution in [-0.2, 0) is 0 Å². The summed E-state index contributed by atoms with van der Waals surface area (Å²) in [5.41, 5.74) is 1.31. The summed E-state index contributed by atoms with van der Waals surface area (Å²) in [4.78, 5) is 0. The van der Waals surface area contributed by atoms with E-state index in [0.717, 1.165) is 18.8 Å². The van der Waals surface area contributed by atoms with Gasteiger partial charge in [0.25, 0.3) is 0 Å². The highest BCUT2D eigenvalue weighted by Crippen LogP contribution is 2.18. The van der Waals surface area contributed by atoms with E-state index in [1.165, 1.54) is 5.56 Å². The van der Waals surface area contributed by atoms with Crippen molar-refractivity contribution in [2.75, 3.05) is 6.61 Å². The molecule has 0 saturated carbocycles. The van der Waals surface area contributed by atoms with Crippen LogP contribution >= 0.6 is 0 Å². The molecule has 0 aromatic heterocycles. The Hall–Kier alpha value is -1.02. The van der Waals surface area contributed by atoms with Crippen molar-refractivity contribution in [3.8, 4) is 5.75 Å².